The first-order valence-electron chi connectivity index (χ1n) is 9.89. The van der Waals surface area contributed by atoms with Gasteiger partial charge >= 0.3 is 6.09 Å². The van der Waals surface area contributed by atoms with E-state index in [1.807, 2.05) is 0 Å². The molecule has 0 bridgehead atoms. The van der Waals surface area contributed by atoms with Crippen LogP contribution in [0.2, 0.25) is 10.0 Å². The third-order valence-electron chi connectivity index (χ3n) is 5.36. The molecule has 0 spiro atoms. The van der Waals surface area contributed by atoms with Gasteiger partial charge in [0.15, 0.2) is 0 Å². The lowest BCUT2D eigenvalue weighted by Gasteiger charge is -2.38. The van der Waals surface area contributed by atoms with Crippen molar-refractivity contribution in [3.05, 3.63) is 28.2 Å². The fraction of sp³-hybridized carbons (Fsp3) is 0.579. The van der Waals surface area contributed by atoms with Crippen LogP contribution in [0.1, 0.15) is 19.8 Å². The summed E-state index contributed by atoms with van der Waals surface area (Å²) in [5.41, 5.74) is 0. The van der Waals surface area contributed by atoms with E-state index in [2.05, 4.69) is 0 Å². The predicted molar refractivity (Wildman–Crippen MR) is 113 cm³/mol. The lowest BCUT2D eigenvalue weighted by atomic mass is 9.98. The molecule has 166 valence electrons. The molecule has 2 amide bonds. The Hall–Kier alpha value is -1.55. The fourth-order valence-corrected chi connectivity index (χ4v) is 6.02. The molecule has 0 N–H and O–H groups in total. The van der Waals surface area contributed by atoms with E-state index in [1.54, 1.807) is 16.7 Å². The number of benzene rings is 1. The second-order valence-electron chi connectivity index (χ2n) is 7.29. The molecule has 0 aliphatic carbocycles. The van der Waals surface area contributed by atoms with Crippen molar-refractivity contribution < 1.29 is 22.7 Å². The highest BCUT2D eigenvalue weighted by molar-refractivity contribution is 7.89. The predicted octanol–water partition coefficient (Wildman–Crippen LogP) is 2.69. The van der Waals surface area contributed by atoms with Crippen LogP contribution in [0.3, 0.4) is 0 Å². The number of rotatable bonds is 4. The zero-order valence-electron chi connectivity index (χ0n) is 16.7. The largest absolute Gasteiger partial charge is 0.450 e. The van der Waals surface area contributed by atoms with Crippen molar-refractivity contribution in [3.8, 4) is 0 Å². The van der Waals surface area contributed by atoms with Gasteiger partial charge in [0.1, 0.15) is 4.90 Å². The molecular formula is C19H25Cl2N3O5S. The molecular weight excluding hydrogens is 453 g/mol. The van der Waals surface area contributed by atoms with Gasteiger partial charge in [-0.15, -0.1) is 0 Å². The molecule has 1 aromatic carbocycles. The molecule has 1 aromatic rings. The monoisotopic (exact) mass is 477 g/mol. The third-order valence-corrected chi connectivity index (χ3v) is 7.94. The number of hydrogen-bond donors (Lipinski definition) is 0. The second kappa shape index (κ2) is 9.72. The molecule has 2 aliphatic rings. The second-order valence-corrected chi connectivity index (χ2v) is 10.0. The van der Waals surface area contributed by atoms with E-state index >= 15 is 0 Å². The quantitative estimate of drug-likeness (QED) is 0.664. The molecule has 0 saturated carbocycles. The molecule has 2 fully saturated rings. The van der Waals surface area contributed by atoms with Crippen LogP contribution in [0, 0.1) is 5.92 Å². The summed E-state index contributed by atoms with van der Waals surface area (Å²) in [7, 11) is -3.86. The molecule has 11 heteroatoms. The maximum Gasteiger partial charge on any atom is 0.409 e. The summed E-state index contributed by atoms with van der Waals surface area (Å²) in [4.78, 5) is 28.1. The van der Waals surface area contributed by atoms with Gasteiger partial charge in [0, 0.05) is 44.3 Å². The van der Waals surface area contributed by atoms with Crippen LogP contribution in [0.5, 0.6) is 0 Å². The van der Waals surface area contributed by atoms with Crippen LogP contribution in [0.25, 0.3) is 0 Å². The number of sulfonamides is 1. The van der Waals surface area contributed by atoms with Crippen LogP contribution in [0.4, 0.5) is 4.79 Å². The Balaban J connectivity index is 1.65. The van der Waals surface area contributed by atoms with Crippen LogP contribution in [-0.4, -0.2) is 80.4 Å². The van der Waals surface area contributed by atoms with Crippen LogP contribution >= 0.6 is 23.2 Å². The minimum Gasteiger partial charge on any atom is -0.450 e. The minimum atomic E-state index is -3.86. The van der Waals surface area contributed by atoms with Gasteiger partial charge in [0.05, 0.1) is 17.5 Å². The van der Waals surface area contributed by atoms with Gasteiger partial charge in [-0.3, -0.25) is 4.79 Å². The lowest BCUT2D eigenvalue weighted by Crippen LogP contribution is -2.54. The number of carbonyl (C=O) groups excluding carboxylic acids is 2. The van der Waals surface area contributed by atoms with E-state index in [0.29, 0.717) is 52.2 Å². The van der Waals surface area contributed by atoms with Gasteiger partial charge in [0.2, 0.25) is 15.9 Å². The number of piperidine rings is 1. The molecule has 0 aromatic heterocycles. The summed E-state index contributed by atoms with van der Waals surface area (Å²) in [5, 5.41) is 0.380. The Bertz CT molecular complexity index is 903. The topological polar surface area (TPSA) is 87.2 Å². The number of amides is 2. The van der Waals surface area contributed by atoms with Gasteiger partial charge in [-0.1, -0.05) is 23.2 Å². The molecule has 0 radical (unpaired) electrons. The Morgan fingerprint density at radius 1 is 1.10 bits per heavy atom. The minimum absolute atomic E-state index is 0.0483. The van der Waals surface area contributed by atoms with Crippen molar-refractivity contribution in [2.45, 2.75) is 24.7 Å². The highest BCUT2D eigenvalue weighted by Gasteiger charge is 2.37. The summed E-state index contributed by atoms with van der Waals surface area (Å²) in [6, 6.07) is 4.31. The summed E-state index contributed by atoms with van der Waals surface area (Å²) in [6.45, 7) is 4.09. The molecule has 30 heavy (non-hydrogen) atoms. The molecule has 8 nitrogen and oxygen atoms in total. The number of nitrogens with zero attached hydrogens (tertiary/aromatic N) is 3. The first kappa shape index (κ1) is 23.1. The van der Waals surface area contributed by atoms with Gasteiger partial charge in [-0.05, 0) is 38.0 Å². The SMILES string of the molecule is CCOC(=O)N1CCN(C(=O)[C@@H]2CCCN(S(=O)(=O)c3cc(Cl)ccc3Cl)C2)CC1. The standard InChI is InChI=1S/C19H25Cl2N3O5S/c1-2-29-19(26)23-10-8-22(9-11-23)18(25)14-4-3-7-24(13-14)30(27,28)17-12-15(20)5-6-16(17)21/h5-6,12,14H,2-4,7-11,13H2,1H3/t14-/m1/s1. The number of ether oxygens (including phenoxy) is 1. The van der Waals surface area contributed by atoms with Crippen LogP contribution in [-0.2, 0) is 19.6 Å². The van der Waals surface area contributed by atoms with E-state index in [9.17, 15) is 18.0 Å². The zero-order valence-corrected chi connectivity index (χ0v) is 19.0. The first-order valence-corrected chi connectivity index (χ1v) is 12.1. The Morgan fingerprint density at radius 2 is 1.77 bits per heavy atom. The van der Waals surface area contributed by atoms with Gasteiger partial charge in [-0.2, -0.15) is 4.31 Å². The molecule has 2 aliphatic heterocycles. The van der Waals surface area contributed by atoms with E-state index in [0.717, 1.165) is 0 Å². The zero-order chi connectivity index (χ0) is 21.9. The van der Waals surface area contributed by atoms with E-state index in [1.165, 1.54) is 22.5 Å². The molecule has 2 heterocycles. The molecule has 2 saturated heterocycles. The molecule has 0 unspecified atom stereocenters. The van der Waals surface area contributed by atoms with E-state index in [-0.39, 0.29) is 33.5 Å². The van der Waals surface area contributed by atoms with Crippen LogP contribution < -0.4 is 0 Å². The van der Waals surface area contributed by atoms with Crippen molar-refractivity contribution in [1.82, 2.24) is 14.1 Å². The van der Waals surface area contributed by atoms with Crippen molar-refractivity contribution >= 4 is 45.2 Å². The van der Waals surface area contributed by atoms with Crippen molar-refractivity contribution in [3.63, 3.8) is 0 Å². The number of halogens is 2. The van der Waals surface area contributed by atoms with E-state index < -0.39 is 15.9 Å². The number of carbonyl (C=O) groups is 2. The Morgan fingerprint density at radius 3 is 2.43 bits per heavy atom. The lowest BCUT2D eigenvalue weighted by molar-refractivity contribution is -0.138. The summed E-state index contributed by atoms with van der Waals surface area (Å²) in [6.07, 6.45) is 0.820. The highest BCUT2D eigenvalue weighted by atomic mass is 35.5. The summed E-state index contributed by atoms with van der Waals surface area (Å²) >= 11 is 12.1. The Kier molecular flexibility index (Phi) is 7.49. The van der Waals surface area contributed by atoms with Gasteiger partial charge in [-0.25, -0.2) is 13.2 Å². The van der Waals surface area contributed by atoms with Gasteiger partial charge in [0.25, 0.3) is 0 Å². The number of hydrogen-bond acceptors (Lipinski definition) is 5. The summed E-state index contributed by atoms with van der Waals surface area (Å²) in [5.74, 6) is -0.517. The smallest absolute Gasteiger partial charge is 0.409 e. The Labute approximate surface area is 186 Å². The maximum absolute atomic E-state index is 13.1. The van der Waals surface area contributed by atoms with Crippen LogP contribution in [0.15, 0.2) is 23.1 Å². The third kappa shape index (κ3) is 5.01. The van der Waals surface area contributed by atoms with Gasteiger partial charge < -0.3 is 14.5 Å². The molecule has 3 rings (SSSR count). The number of piperazine rings is 1. The van der Waals surface area contributed by atoms with Crippen molar-refractivity contribution in [1.29, 1.82) is 0 Å². The first-order chi connectivity index (χ1) is 14.2. The van der Waals surface area contributed by atoms with E-state index in [4.69, 9.17) is 27.9 Å². The summed E-state index contributed by atoms with van der Waals surface area (Å²) < 4.78 is 32.5. The average Bonchev–Trinajstić information content (AvgIpc) is 2.75. The average molecular weight is 478 g/mol. The maximum atomic E-state index is 13.1. The van der Waals surface area contributed by atoms with Crippen molar-refractivity contribution in [2.24, 2.45) is 5.92 Å². The van der Waals surface area contributed by atoms with Crippen molar-refractivity contribution in [2.75, 3.05) is 45.9 Å². The normalized spacial score (nSPS) is 20.8. The fourth-order valence-electron chi connectivity index (χ4n) is 3.76. The highest BCUT2D eigenvalue weighted by Crippen LogP contribution is 2.31. The molecule has 1 atom stereocenters.